The molecule has 1 aliphatic rings. The van der Waals surface area contributed by atoms with E-state index in [1.165, 1.54) is 11.1 Å². The highest BCUT2D eigenvalue weighted by Gasteiger charge is 2.21. The average Bonchev–Trinajstić information content (AvgIpc) is 2.88. The molecule has 0 fully saturated rings. The van der Waals surface area contributed by atoms with Crippen molar-refractivity contribution in [2.45, 2.75) is 25.5 Å². The van der Waals surface area contributed by atoms with Crippen LogP contribution in [0.5, 0.6) is 11.5 Å². The molecule has 2 aromatic rings. The normalized spacial score (nSPS) is 16.8. The summed E-state index contributed by atoms with van der Waals surface area (Å²) in [5, 5.41) is 0. The summed E-state index contributed by atoms with van der Waals surface area (Å²) in [6, 6.07) is 14.3. The molecule has 0 aromatic heterocycles. The van der Waals surface area contributed by atoms with Crippen LogP contribution in [0, 0.1) is 0 Å². The third-order valence-corrected chi connectivity index (χ3v) is 3.83. The summed E-state index contributed by atoms with van der Waals surface area (Å²) in [5.74, 6) is 1.83. The first-order chi connectivity index (χ1) is 9.78. The lowest BCUT2D eigenvalue weighted by Gasteiger charge is -2.12. The van der Waals surface area contributed by atoms with Gasteiger partial charge < -0.3 is 15.2 Å². The quantitative estimate of drug-likeness (QED) is 0.927. The second-order valence-corrected chi connectivity index (χ2v) is 5.11. The van der Waals surface area contributed by atoms with Crippen molar-refractivity contribution in [2.75, 3.05) is 7.11 Å². The molecule has 0 radical (unpaired) electrons. The monoisotopic (exact) mass is 269 g/mol. The number of hydrogen-bond donors (Lipinski definition) is 1. The summed E-state index contributed by atoms with van der Waals surface area (Å²) in [6.07, 6.45) is 2.02. The Hall–Kier alpha value is -2.00. The topological polar surface area (TPSA) is 44.5 Å². The Morgan fingerprint density at radius 1 is 1.15 bits per heavy atom. The van der Waals surface area contributed by atoms with Crippen molar-refractivity contribution in [2.24, 2.45) is 5.73 Å². The van der Waals surface area contributed by atoms with E-state index in [4.69, 9.17) is 15.2 Å². The lowest BCUT2D eigenvalue weighted by atomic mass is 10.1. The smallest absolute Gasteiger partial charge is 0.123 e. The summed E-state index contributed by atoms with van der Waals surface area (Å²) >= 11 is 0. The molecule has 1 atom stereocenters. The lowest BCUT2D eigenvalue weighted by molar-refractivity contribution is 0.303. The van der Waals surface area contributed by atoms with Gasteiger partial charge in [-0.2, -0.15) is 0 Å². The third kappa shape index (κ3) is 2.49. The van der Waals surface area contributed by atoms with Gasteiger partial charge in [0, 0.05) is 6.04 Å². The highest BCUT2D eigenvalue weighted by molar-refractivity contribution is 5.45. The van der Waals surface area contributed by atoms with Gasteiger partial charge in [-0.05, 0) is 47.7 Å². The second-order valence-electron chi connectivity index (χ2n) is 5.11. The van der Waals surface area contributed by atoms with Gasteiger partial charge in [-0.25, -0.2) is 0 Å². The van der Waals surface area contributed by atoms with E-state index in [1.54, 1.807) is 7.11 Å². The summed E-state index contributed by atoms with van der Waals surface area (Å²) in [4.78, 5) is 0. The van der Waals surface area contributed by atoms with Crippen LogP contribution in [-0.2, 0) is 13.0 Å². The number of ether oxygens (including phenoxy) is 2. The maximum absolute atomic E-state index is 6.09. The van der Waals surface area contributed by atoms with Gasteiger partial charge in [0.2, 0.25) is 0 Å². The highest BCUT2D eigenvalue weighted by Crippen LogP contribution is 2.35. The first-order valence-electron chi connectivity index (χ1n) is 6.91. The van der Waals surface area contributed by atoms with Crippen LogP contribution in [-0.4, -0.2) is 7.11 Å². The van der Waals surface area contributed by atoms with Gasteiger partial charge in [0.05, 0.1) is 7.11 Å². The van der Waals surface area contributed by atoms with Crippen molar-refractivity contribution in [3.8, 4) is 11.5 Å². The molecule has 0 saturated heterocycles. The largest absolute Gasteiger partial charge is 0.497 e. The molecule has 2 N–H and O–H groups in total. The molecule has 2 aromatic carbocycles. The Balaban J connectivity index is 1.72. The van der Waals surface area contributed by atoms with E-state index in [9.17, 15) is 0 Å². The van der Waals surface area contributed by atoms with E-state index in [-0.39, 0.29) is 6.04 Å². The van der Waals surface area contributed by atoms with Crippen molar-refractivity contribution in [1.82, 2.24) is 0 Å². The van der Waals surface area contributed by atoms with Gasteiger partial charge in [-0.1, -0.05) is 24.3 Å². The van der Waals surface area contributed by atoms with Crippen LogP contribution in [0.2, 0.25) is 0 Å². The zero-order chi connectivity index (χ0) is 13.9. The molecule has 0 heterocycles. The SMILES string of the molecule is COc1ccc(COc2cccc3c2CCC3N)cc1. The van der Waals surface area contributed by atoms with Gasteiger partial charge >= 0.3 is 0 Å². The minimum atomic E-state index is 0.162. The summed E-state index contributed by atoms with van der Waals surface area (Å²) in [7, 11) is 1.67. The number of nitrogens with two attached hydrogens (primary N) is 1. The summed E-state index contributed by atoms with van der Waals surface area (Å²) in [5.41, 5.74) is 9.72. The predicted molar refractivity (Wildman–Crippen MR) is 79.0 cm³/mol. The molecule has 3 nitrogen and oxygen atoms in total. The molecule has 0 saturated carbocycles. The average molecular weight is 269 g/mol. The molecule has 3 heteroatoms. The summed E-state index contributed by atoms with van der Waals surface area (Å²) < 4.78 is 11.1. The maximum Gasteiger partial charge on any atom is 0.123 e. The van der Waals surface area contributed by atoms with Crippen molar-refractivity contribution in [1.29, 1.82) is 0 Å². The fourth-order valence-electron chi connectivity index (χ4n) is 2.67. The number of rotatable bonds is 4. The lowest BCUT2D eigenvalue weighted by Crippen LogP contribution is -2.05. The Morgan fingerprint density at radius 2 is 1.95 bits per heavy atom. The van der Waals surface area contributed by atoms with E-state index in [0.29, 0.717) is 6.61 Å². The molecule has 0 amide bonds. The molecule has 1 unspecified atom stereocenters. The fraction of sp³-hybridized carbons (Fsp3) is 0.294. The van der Waals surface area contributed by atoms with Crippen LogP contribution >= 0.6 is 0 Å². The fourth-order valence-corrected chi connectivity index (χ4v) is 2.67. The standard InChI is InChI=1S/C17H19NO2/c1-19-13-7-5-12(6-8-13)11-20-17-4-2-3-14-15(17)9-10-16(14)18/h2-8,16H,9-11,18H2,1H3. The molecule has 0 bridgehead atoms. The number of methoxy groups -OCH3 is 1. The Morgan fingerprint density at radius 3 is 2.70 bits per heavy atom. The molecule has 20 heavy (non-hydrogen) atoms. The van der Waals surface area contributed by atoms with Gasteiger partial charge in [0.1, 0.15) is 18.1 Å². The van der Waals surface area contributed by atoms with E-state index in [2.05, 4.69) is 6.07 Å². The third-order valence-electron chi connectivity index (χ3n) is 3.83. The minimum absolute atomic E-state index is 0.162. The van der Waals surface area contributed by atoms with Gasteiger partial charge in [0.15, 0.2) is 0 Å². The highest BCUT2D eigenvalue weighted by atomic mass is 16.5. The van der Waals surface area contributed by atoms with Crippen LogP contribution in [0.4, 0.5) is 0 Å². The number of fused-ring (bicyclic) bond motifs is 1. The molecular formula is C17H19NO2. The van der Waals surface area contributed by atoms with E-state index >= 15 is 0 Å². The molecular weight excluding hydrogens is 250 g/mol. The number of benzene rings is 2. The second kappa shape index (κ2) is 5.55. The van der Waals surface area contributed by atoms with Crippen LogP contribution < -0.4 is 15.2 Å². The Kier molecular flexibility index (Phi) is 3.61. The van der Waals surface area contributed by atoms with E-state index in [0.717, 1.165) is 29.9 Å². The van der Waals surface area contributed by atoms with Crippen LogP contribution in [0.3, 0.4) is 0 Å². The summed E-state index contributed by atoms with van der Waals surface area (Å²) in [6.45, 7) is 0.565. The van der Waals surface area contributed by atoms with Gasteiger partial charge in [0.25, 0.3) is 0 Å². The molecule has 0 aliphatic heterocycles. The Labute approximate surface area is 119 Å². The van der Waals surface area contributed by atoms with Crippen molar-refractivity contribution in [3.63, 3.8) is 0 Å². The first kappa shape index (κ1) is 13.0. The van der Waals surface area contributed by atoms with Gasteiger partial charge in [-0.15, -0.1) is 0 Å². The zero-order valence-electron chi connectivity index (χ0n) is 11.6. The first-order valence-corrected chi connectivity index (χ1v) is 6.91. The number of hydrogen-bond acceptors (Lipinski definition) is 3. The molecule has 1 aliphatic carbocycles. The van der Waals surface area contributed by atoms with Gasteiger partial charge in [-0.3, -0.25) is 0 Å². The minimum Gasteiger partial charge on any atom is -0.497 e. The molecule has 104 valence electrons. The zero-order valence-corrected chi connectivity index (χ0v) is 11.6. The van der Waals surface area contributed by atoms with Crippen LogP contribution in [0.1, 0.15) is 29.2 Å². The van der Waals surface area contributed by atoms with Crippen molar-refractivity contribution >= 4 is 0 Å². The van der Waals surface area contributed by atoms with E-state index < -0.39 is 0 Å². The van der Waals surface area contributed by atoms with Crippen molar-refractivity contribution < 1.29 is 9.47 Å². The van der Waals surface area contributed by atoms with Crippen molar-refractivity contribution in [3.05, 3.63) is 59.2 Å². The maximum atomic E-state index is 6.09. The molecule has 0 spiro atoms. The van der Waals surface area contributed by atoms with Crippen LogP contribution in [0.25, 0.3) is 0 Å². The molecule has 3 rings (SSSR count). The Bertz CT molecular complexity index is 592. The van der Waals surface area contributed by atoms with Crippen LogP contribution in [0.15, 0.2) is 42.5 Å². The van der Waals surface area contributed by atoms with E-state index in [1.807, 2.05) is 36.4 Å². The predicted octanol–water partition coefficient (Wildman–Crippen LogP) is 3.22.